The van der Waals surface area contributed by atoms with Crippen molar-refractivity contribution in [3.8, 4) is 0 Å². The first-order chi connectivity index (χ1) is 12.6. The Balaban J connectivity index is 0.00000210. The van der Waals surface area contributed by atoms with Gasteiger partial charge in [0.15, 0.2) is 0 Å². The molecule has 1 aliphatic carbocycles. The number of benzene rings is 2. The molecule has 0 aromatic heterocycles. The van der Waals surface area contributed by atoms with Crippen molar-refractivity contribution >= 4 is 29.9 Å². The molecule has 1 saturated carbocycles. The SMILES string of the molecule is Cl.O=C(NC(c1cccc(F)c1)c1cccc(Cl)c1)C1CC12CCNCC2. The van der Waals surface area contributed by atoms with Gasteiger partial charge >= 0.3 is 0 Å². The molecule has 0 bridgehead atoms. The number of halogens is 3. The maximum absolute atomic E-state index is 13.8. The van der Waals surface area contributed by atoms with Crippen LogP contribution in [0.4, 0.5) is 4.39 Å². The second kappa shape index (κ2) is 8.17. The molecule has 144 valence electrons. The molecule has 2 unspecified atom stereocenters. The van der Waals surface area contributed by atoms with E-state index in [1.165, 1.54) is 12.1 Å². The highest BCUT2D eigenvalue weighted by atomic mass is 35.5. The molecule has 3 nitrogen and oxygen atoms in total. The van der Waals surface area contributed by atoms with E-state index < -0.39 is 6.04 Å². The van der Waals surface area contributed by atoms with Crippen molar-refractivity contribution in [2.75, 3.05) is 13.1 Å². The molecule has 4 rings (SSSR count). The highest BCUT2D eigenvalue weighted by molar-refractivity contribution is 6.30. The Morgan fingerprint density at radius 2 is 1.81 bits per heavy atom. The largest absolute Gasteiger partial charge is 0.345 e. The van der Waals surface area contributed by atoms with Gasteiger partial charge in [0.1, 0.15) is 5.82 Å². The van der Waals surface area contributed by atoms with E-state index in [4.69, 9.17) is 11.6 Å². The summed E-state index contributed by atoms with van der Waals surface area (Å²) in [6.07, 6.45) is 3.05. The number of hydrogen-bond donors (Lipinski definition) is 2. The van der Waals surface area contributed by atoms with Gasteiger partial charge in [-0.25, -0.2) is 4.39 Å². The molecule has 1 saturated heterocycles. The quantitative estimate of drug-likeness (QED) is 0.781. The van der Waals surface area contributed by atoms with Crippen molar-refractivity contribution in [1.29, 1.82) is 0 Å². The molecular weight excluding hydrogens is 386 g/mol. The van der Waals surface area contributed by atoms with Crippen LogP contribution in [0, 0.1) is 17.2 Å². The fourth-order valence-electron chi connectivity index (χ4n) is 4.17. The van der Waals surface area contributed by atoms with Crippen LogP contribution in [0.5, 0.6) is 0 Å². The Morgan fingerprint density at radius 1 is 1.15 bits per heavy atom. The van der Waals surface area contributed by atoms with E-state index in [0.717, 1.165) is 43.5 Å². The zero-order valence-electron chi connectivity index (χ0n) is 14.9. The predicted octanol–water partition coefficient (Wildman–Crippen LogP) is 4.50. The number of hydrogen-bond acceptors (Lipinski definition) is 2. The number of carbonyl (C=O) groups is 1. The summed E-state index contributed by atoms with van der Waals surface area (Å²) in [5.74, 6) is -0.203. The highest BCUT2D eigenvalue weighted by Crippen LogP contribution is 2.58. The third kappa shape index (κ3) is 4.29. The van der Waals surface area contributed by atoms with E-state index >= 15 is 0 Å². The molecule has 2 aromatic rings. The zero-order chi connectivity index (χ0) is 18.1. The number of carbonyl (C=O) groups excluding carboxylic acids is 1. The fraction of sp³-hybridized carbons (Fsp3) is 0.381. The lowest BCUT2D eigenvalue weighted by molar-refractivity contribution is -0.123. The minimum atomic E-state index is -0.406. The van der Waals surface area contributed by atoms with Gasteiger partial charge in [-0.15, -0.1) is 12.4 Å². The summed E-state index contributed by atoms with van der Waals surface area (Å²) in [6, 6.07) is 13.4. The van der Waals surface area contributed by atoms with Gasteiger partial charge < -0.3 is 10.6 Å². The van der Waals surface area contributed by atoms with Gasteiger partial charge in [0.05, 0.1) is 6.04 Å². The van der Waals surface area contributed by atoms with Crippen molar-refractivity contribution in [2.24, 2.45) is 11.3 Å². The molecule has 1 aliphatic heterocycles. The van der Waals surface area contributed by atoms with Crippen LogP contribution in [0.2, 0.25) is 5.02 Å². The Labute approximate surface area is 170 Å². The standard InChI is InChI=1S/C21H22ClFN2O.ClH/c22-16-5-1-3-14(11-16)19(15-4-2-6-17(23)12-15)25-20(26)18-13-21(18)7-9-24-10-8-21;/h1-6,11-12,18-19,24H,7-10,13H2,(H,25,26);1H. The van der Waals surface area contributed by atoms with Crippen LogP contribution in [-0.2, 0) is 4.79 Å². The van der Waals surface area contributed by atoms with Crippen LogP contribution in [-0.4, -0.2) is 19.0 Å². The molecule has 6 heteroatoms. The summed E-state index contributed by atoms with van der Waals surface area (Å²) in [7, 11) is 0. The number of nitrogens with one attached hydrogen (secondary N) is 2. The lowest BCUT2D eigenvalue weighted by Gasteiger charge is -2.25. The second-order valence-electron chi connectivity index (χ2n) is 7.42. The molecule has 2 fully saturated rings. The second-order valence-corrected chi connectivity index (χ2v) is 7.86. The highest BCUT2D eigenvalue weighted by Gasteiger charge is 2.57. The maximum Gasteiger partial charge on any atom is 0.224 e. The van der Waals surface area contributed by atoms with Gasteiger partial charge in [-0.3, -0.25) is 4.79 Å². The van der Waals surface area contributed by atoms with E-state index in [2.05, 4.69) is 10.6 Å². The Kier molecular flexibility index (Phi) is 6.09. The first kappa shape index (κ1) is 20.1. The Hall–Kier alpha value is -1.62. The summed E-state index contributed by atoms with van der Waals surface area (Å²) in [4.78, 5) is 12.9. The van der Waals surface area contributed by atoms with E-state index in [0.29, 0.717) is 5.02 Å². The minimum Gasteiger partial charge on any atom is -0.345 e. The Morgan fingerprint density at radius 3 is 2.48 bits per heavy atom. The first-order valence-electron chi connectivity index (χ1n) is 9.09. The van der Waals surface area contributed by atoms with Gasteiger partial charge in [-0.05, 0) is 73.2 Å². The summed E-state index contributed by atoms with van der Waals surface area (Å²) < 4.78 is 13.8. The number of amides is 1. The molecule has 2 atom stereocenters. The summed E-state index contributed by atoms with van der Waals surface area (Å²) in [6.45, 7) is 1.96. The van der Waals surface area contributed by atoms with Crippen molar-refractivity contribution in [3.05, 3.63) is 70.5 Å². The monoisotopic (exact) mass is 408 g/mol. The number of rotatable bonds is 4. The molecule has 1 spiro atoms. The molecule has 0 radical (unpaired) electrons. The summed E-state index contributed by atoms with van der Waals surface area (Å²) in [5.41, 5.74) is 1.74. The lowest BCUT2D eigenvalue weighted by Crippen LogP contribution is -2.35. The maximum atomic E-state index is 13.8. The van der Waals surface area contributed by atoms with Crippen LogP contribution < -0.4 is 10.6 Å². The van der Waals surface area contributed by atoms with Gasteiger partial charge in [0.25, 0.3) is 0 Å². The summed E-state index contributed by atoms with van der Waals surface area (Å²) >= 11 is 6.14. The van der Waals surface area contributed by atoms with Crippen LogP contribution in [0.25, 0.3) is 0 Å². The molecule has 2 N–H and O–H groups in total. The molecule has 1 amide bonds. The molecule has 27 heavy (non-hydrogen) atoms. The number of piperidine rings is 1. The topological polar surface area (TPSA) is 41.1 Å². The van der Waals surface area contributed by atoms with E-state index in [1.807, 2.05) is 24.3 Å². The van der Waals surface area contributed by atoms with Crippen molar-refractivity contribution < 1.29 is 9.18 Å². The predicted molar refractivity (Wildman–Crippen MR) is 108 cm³/mol. The average Bonchev–Trinajstić information content (AvgIpc) is 3.33. The fourth-order valence-corrected chi connectivity index (χ4v) is 4.37. The first-order valence-corrected chi connectivity index (χ1v) is 9.47. The van der Waals surface area contributed by atoms with Crippen LogP contribution in [0.3, 0.4) is 0 Å². The average molecular weight is 409 g/mol. The van der Waals surface area contributed by atoms with Gasteiger partial charge in [0, 0.05) is 10.9 Å². The normalized spacial score (nSPS) is 21.2. The third-order valence-electron chi connectivity index (χ3n) is 5.76. The van der Waals surface area contributed by atoms with Crippen molar-refractivity contribution in [1.82, 2.24) is 10.6 Å². The van der Waals surface area contributed by atoms with Gasteiger partial charge in [0.2, 0.25) is 5.91 Å². The minimum absolute atomic E-state index is 0. The molecular formula is C21H23Cl2FN2O. The van der Waals surface area contributed by atoms with Crippen LogP contribution in [0.1, 0.15) is 36.4 Å². The lowest BCUT2D eigenvalue weighted by atomic mass is 9.91. The molecule has 1 heterocycles. The third-order valence-corrected chi connectivity index (χ3v) is 5.99. The molecule has 2 aromatic carbocycles. The van der Waals surface area contributed by atoms with Crippen LogP contribution in [0.15, 0.2) is 48.5 Å². The van der Waals surface area contributed by atoms with Crippen LogP contribution >= 0.6 is 24.0 Å². The zero-order valence-corrected chi connectivity index (χ0v) is 16.5. The van der Waals surface area contributed by atoms with Gasteiger partial charge in [-0.1, -0.05) is 35.9 Å². The smallest absolute Gasteiger partial charge is 0.224 e. The van der Waals surface area contributed by atoms with Crippen molar-refractivity contribution in [3.63, 3.8) is 0 Å². The van der Waals surface area contributed by atoms with E-state index in [9.17, 15) is 9.18 Å². The van der Waals surface area contributed by atoms with Gasteiger partial charge in [-0.2, -0.15) is 0 Å². The molecule has 2 aliphatic rings. The Bertz CT molecular complexity index is 778. The van der Waals surface area contributed by atoms with E-state index in [-0.39, 0.29) is 35.5 Å². The summed E-state index contributed by atoms with van der Waals surface area (Å²) in [5, 5.41) is 7.11. The van der Waals surface area contributed by atoms with E-state index in [1.54, 1.807) is 12.1 Å². The van der Waals surface area contributed by atoms with Crippen molar-refractivity contribution in [2.45, 2.75) is 25.3 Å².